The zero-order chi connectivity index (χ0) is 21.7. The third-order valence-corrected chi connectivity index (χ3v) is 5.20. The molecule has 2 N–H and O–H groups in total. The lowest BCUT2D eigenvalue weighted by Crippen LogP contribution is -2.45. The minimum absolute atomic E-state index is 0.000984. The van der Waals surface area contributed by atoms with Crippen molar-refractivity contribution in [3.8, 4) is 5.75 Å². The fourth-order valence-corrected chi connectivity index (χ4v) is 3.50. The quantitative estimate of drug-likeness (QED) is 0.727. The zero-order valence-electron chi connectivity index (χ0n) is 17.6. The first-order chi connectivity index (χ1) is 14.4. The van der Waals surface area contributed by atoms with E-state index in [1.807, 2.05) is 68.4 Å². The van der Waals surface area contributed by atoms with Crippen molar-refractivity contribution in [1.29, 1.82) is 0 Å². The summed E-state index contributed by atoms with van der Waals surface area (Å²) in [5, 5.41) is 6.22. The van der Waals surface area contributed by atoms with Crippen LogP contribution in [0.3, 0.4) is 0 Å². The monoisotopic (exact) mass is 408 g/mol. The molecule has 1 aliphatic rings. The van der Waals surface area contributed by atoms with Crippen molar-refractivity contribution in [1.82, 2.24) is 9.91 Å². The van der Waals surface area contributed by atoms with Gasteiger partial charge >= 0.3 is 0 Å². The molecule has 2 aromatic carbocycles. The van der Waals surface area contributed by atoms with Crippen LogP contribution < -0.4 is 10.5 Å². The lowest BCUT2D eigenvalue weighted by molar-refractivity contribution is -0.135. The molecule has 0 saturated carbocycles. The summed E-state index contributed by atoms with van der Waals surface area (Å²) in [6, 6.07) is 17.3. The zero-order valence-corrected chi connectivity index (χ0v) is 17.6. The van der Waals surface area contributed by atoms with Crippen molar-refractivity contribution >= 4 is 17.5 Å². The van der Waals surface area contributed by atoms with Gasteiger partial charge in [0.1, 0.15) is 5.75 Å². The number of benzene rings is 2. The Kier molecular flexibility index (Phi) is 6.84. The standard InChI is InChI=1S/C23H28N4O3/c1-16(2)26(14-22(24)28)15-23(29)27-21(18-9-11-19(30-3)12-10-18)13-20(25-27)17-7-5-4-6-8-17/h4-12,16,21H,13-15H2,1-3H3,(H2,24,28). The topological polar surface area (TPSA) is 88.2 Å². The van der Waals surface area contributed by atoms with Crippen LogP contribution in [0.1, 0.15) is 37.4 Å². The summed E-state index contributed by atoms with van der Waals surface area (Å²) < 4.78 is 5.25. The number of carbonyl (C=O) groups is 2. The molecule has 3 rings (SSSR count). The average molecular weight is 409 g/mol. The lowest BCUT2D eigenvalue weighted by Gasteiger charge is -2.28. The predicted molar refractivity (Wildman–Crippen MR) is 116 cm³/mol. The van der Waals surface area contributed by atoms with Crippen LogP contribution in [0.5, 0.6) is 5.75 Å². The van der Waals surface area contributed by atoms with Gasteiger partial charge in [0.25, 0.3) is 5.91 Å². The molecule has 2 aromatic rings. The van der Waals surface area contributed by atoms with E-state index in [2.05, 4.69) is 5.10 Å². The molecule has 0 aliphatic carbocycles. The highest BCUT2D eigenvalue weighted by molar-refractivity contribution is 6.03. The molecule has 7 heteroatoms. The Morgan fingerprint density at radius 1 is 1.13 bits per heavy atom. The molecule has 158 valence electrons. The van der Waals surface area contributed by atoms with Gasteiger partial charge in [-0.2, -0.15) is 5.10 Å². The van der Waals surface area contributed by atoms with Gasteiger partial charge in [0.2, 0.25) is 5.91 Å². The largest absolute Gasteiger partial charge is 0.497 e. The van der Waals surface area contributed by atoms with Gasteiger partial charge in [-0.1, -0.05) is 42.5 Å². The van der Waals surface area contributed by atoms with E-state index in [0.717, 1.165) is 22.6 Å². The van der Waals surface area contributed by atoms with E-state index in [9.17, 15) is 9.59 Å². The van der Waals surface area contributed by atoms with Crippen molar-refractivity contribution < 1.29 is 14.3 Å². The summed E-state index contributed by atoms with van der Waals surface area (Å²) in [5.74, 6) is 0.126. The minimum Gasteiger partial charge on any atom is -0.497 e. The molecule has 0 saturated heterocycles. The number of nitrogens with zero attached hydrogens (tertiary/aromatic N) is 3. The van der Waals surface area contributed by atoms with Crippen LogP contribution in [0.4, 0.5) is 0 Å². The molecule has 0 aromatic heterocycles. The first kappa shape index (κ1) is 21.5. The first-order valence-corrected chi connectivity index (χ1v) is 10.00. The Labute approximate surface area is 177 Å². The van der Waals surface area contributed by atoms with Crippen LogP contribution in [0, 0.1) is 0 Å². The van der Waals surface area contributed by atoms with Gasteiger partial charge in [-0.3, -0.25) is 14.5 Å². The maximum atomic E-state index is 13.2. The number of hydrogen-bond acceptors (Lipinski definition) is 5. The van der Waals surface area contributed by atoms with Gasteiger partial charge in [0, 0.05) is 12.5 Å². The fourth-order valence-electron chi connectivity index (χ4n) is 3.50. The maximum absolute atomic E-state index is 13.2. The molecular weight excluding hydrogens is 380 g/mol. The van der Waals surface area contributed by atoms with E-state index in [4.69, 9.17) is 10.5 Å². The molecule has 1 unspecified atom stereocenters. The molecule has 0 bridgehead atoms. The number of hydrazone groups is 1. The Morgan fingerprint density at radius 3 is 2.37 bits per heavy atom. The Bertz CT molecular complexity index is 910. The number of rotatable bonds is 8. The third-order valence-electron chi connectivity index (χ3n) is 5.20. The van der Waals surface area contributed by atoms with Gasteiger partial charge < -0.3 is 10.5 Å². The summed E-state index contributed by atoms with van der Waals surface area (Å²) in [6.07, 6.45) is 0.611. The Morgan fingerprint density at radius 2 is 1.80 bits per heavy atom. The van der Waals surface area contributed by atoms with E-state index in [1.54, 1.807) is 17.0 Å². The normalized spacial score (nSPS) is 16.1. The van der Waals surface area contributed by atoms with E-state index < -0.39 is 5.91 Å². The number of nitrogens with two attached hydrogens (primary N) is 1. The lowest BCUT2D eigenvalue weighted by atomic mass is 9.98. The van der Waals surface area contributed by atoms with E-state index in [0.29, 0.717) is 6.42 Å². The van der Waals surface area contributed by atoms with Crippen molar-refractivity contribution in [3.05, 3.63) is 65.7 Å². The second-order valence-corrected chi connectivity index (χ2v) is 7.61. The van der Waals surface area contributed by atoms with Crippen LogP contribution in [0.2, 0.25) is 0 Å². The van der Waals surface area contributed by atoms with Crippen molar-refractivity contribution in [2.24, 2.45) is 10.8 Å². The number of hydrogen-bond donors (Lipinski definition) is 1. The number of carbonyl (C=O) groups excluding carboxylic acids is 2. The second-order valence-electron chi connectivity index (χ2n) is 7.61. The summed E-state index contributed by atoms with van der Waals surface area (Å²) in [6.45, 7) is 3.96. The molecule has 1 aliphatic heterocycles. The second kappa shape index (κ2) is 9.54. The van der Waals surface area contributed by atoms with Gasteiger partial charge in [0.15, 0.2) is 0 Å². The van der Waals surface area contributed by atoms with Gasteiger partial charge in [0.05, 0.1) is 32.0 Å². The molecular formula is C23H28N4O3. The van der Waals surface area contributed by atoms with Crippen molar-refractivity contribution in [2.45, 2.75) is 32.4 Å². The molecule has 0 spiro atoms. The molecule has 1 atom stereocenters. The van der Waals surface area contributed by atoms with Gasteiger partial charge in [-0.05, 0) is 37.1 Å². The van der Waals surface area contributed by atoms with Crippen LogP contribution in [-0.2, 0) is 9.59 Å². The summed E-state index contributed by atoms with van der Waals surface area (Å²) in [5.41, 5.74) is 8.18. The molecule has 1 heterocycles. The summed E-state index contributed by atoms with van der Waals surface area (Å²) >= 11 is 0. The molecule has 7 nitrogen and oxygen atoms in total. The van der Waals surface area contributed by atoms with Crippen LogP contribution >= 0.6 is 0 Å². The van der Waals surface area contributed by atoms with Gasteiger partial charge in [-0.15, -0.1) is 0 Å². The van der Waals surface area contributed by atoms with Crippen LogP contribution in [0.25, 0.3) is 0 Å². The third kappa shape index (κ3) is 5.04. The molecule has 30 heavy (non-hydrogen) atoms. The van der Waals surface area contributed by atoms with Crippen molar-refractivity contribution in [3.63, 3.8) is 0 Å². The highest BCUT2D eigenvalue weighted by Gasteiger charge is 2.34. The SMILES string of the molecule is COc1ccc(C2CC(c3ccccc3)=NN2C(=O)CN(CC(N)=O)C(C)C)cc1. The van der Waals surface area contributed by atoms with Crippen molar-refractivity contribution in [2.75, 3.05) is 20.2 Å². The first-order valence-electron chi connectivity index (χ1n) is 10.00. The summed E-state index contributed by atoms with van der Waals surface area (Å²) in [7, 11) is 1.62. The highest BCUT2D eigenvalue weighted by Crippen LogP contribution is 2.33. The van der Waals surface area contributed by atoms with E-state index in [1.165, 1.54) is 0 Å². The highest BCUT2D eigenvalue weighted by atomic mass is 16.5. The number of primary amides is 1. The summed E-state index contributed by atoms with van der Waals surface area (Å²) in [4.78, 5) is 26.4. The van der Waals surface area contributed by atoms with E-state index >= 15 is 0 Å². The maximum Gasteiger partial charge on any atom is 0.257 e. The number of ether oxygens (including phenoxy) is 1. The minimum atomic E-state index is -0.460. The fraction of sp³-hybridized carbons (Fsp3) is 0.348. The van der Waals surface area contributed by atoms with Crippen LogP contribution in [-0.4, -0.2) is 53.7 Å². The molecule has 2 amide bonds. The molecule has 0 fully saturated rings. The predicted octanol–water partition coefficient (Wildman–Crippen LogP) is 2.57. The number of amides is 2. The van der Waals surface area contributed by atoms with Crippen LogP contribution in [0.15, 0.2) is 59.7 Å². The van der Waals surface area contributed by atoms with Gasteiger partial charge in [-0.25, -0.2) is 5.01 Å². The van der Waals surface area contributed by atoms with E-state index in [-0.39, 0.29) is 31.1 Å². The Hall–Kier alpha value is -3.19. The Balaban J connectivity index is 1.89. The average Bonchev–Trinajstić information content (AvgIpc) is 3.19. The number of methoxy groups -OCH3 is 1. The molecule has 0 radical (unpaired) electrons. The smallest absolute Gasteiger partial charge is 0.257 e.